The average molecular weight is 264 g/mol. The average Bonchev–Trinajstić information content (AvgIpc) is 2.69. The summed E-state index contributed by atoms with van der Waals surface area (Å²) in [6.45, 7) is 1.52. The second-order valence-corrected chi connectivity index (χ2v) is 4.81. The zero-order chi connectivity index (χ0) is 14.2. The lowest BCUT2D eigenvalue weighted by molar-refractivity contribution is 0.0813. The van der Waals surface area contributed by atoms with Crippen LogP contribution in [0.4, 0.5) is 5.69 Å². The molecule has 0 saturated carbocycles. The molecule has 2 aromatic carbocycles. The highest BCUT2D eigenvalue weighted by Gasteiger charge is 2.50. The molecule has 0 spiro atoms. The van der Waals surface area contributed by atoms with Gasteiger partial charge in [-0.3, -0.25) is 9.59 Å². The molecule has 0 unspecified atom stereocenters. The first-order valence-corrected chi connectivity index (χ1v) is 6.29. The molecule has 0 heterocycles. The lowest BCUT2D eigenvalue weighted by atomic mass is 9.97. The van der Waals surface area contributed by atoms with E-state index in [1.165, 1.54) is 6.92 Å². The topological polar surface area (TPSA) is 58.9 Å². The van der Waals surface area contributed by atoms with E-state index in [2.05, 4.69) is 10.2 Å². The van der Waals surface area contributed by atoms with Crippen molar-refractivity contribution < 1.29 is 9.59 Å². The standard InChI is InChI=1S/C16H12N2O2/c1-16(18-17-11-7-3-2-4-8-11)14(19)12-9-5-6-10-13(12)15(16)20/h2-10H,1H3. The van der Waals surface area contributed by atoms with Gasteiger partial charge in [-0.2, -0.15) is 10.2 Å². The van der Waals surface area contributed by atoms with E-state index in [0.717, 1.165) is 0 Å². The van der Waals surface area contributed by atoms with Crippen LogP contribution in [0.1, 0.15) is 27.6 Å². The Labute approximate surface area is 116 Å². The second-order valence-electron chi connectivity index (χ2n) is 4.81. The molecule has 0 aliphatic heterocycles. The van der Waals surface area contributed by atoms with Crippen LogP contribution in [0.3, 0.4) is 0 Å². The molecule has 0 atom stereocenters. The summed E-state index contributed by atoms with van der Waals surface area (Å²) in [5.41, 5.74) is 0.0174. The first kappa shape index (κ1) is 12.4. The largest absolute Gasteiger partial charge is 0.291 e. The molecule has 0 aromatic heterocycles. The lowest BCUT2D eigenvalue weighted by Crippen LogP contribution is -2.35. The lowest BCUT2D eigenvalue weighted by Gasteiger charge is -2.12. The number of azo groups is 1. The number of benzene rings is 2. The molecule has 98 valence electrons. The Balaban J connectivity index is 2.00. The van der Waals surface area contributed by atoms with E-state index in [1.54, 1.807) is 36.4 Å². The van der Waals surface area contributed by atoms with Crippen LogP contribution in [-0.2, 0) is 0 Å². The highest BCUT2D eigenvalue weighted by atomic mass is 16.2. The van der Waals surface area contributed by atoms with Crippen molar-refractivity contribution in [2.75, 3.05) is 0 Å². The highest BCUT2D eigenvalue weighted by Crippen LogP contribution is 2.33. The number of carbonyl (C=O) groups excluding carboxylic acids is 2. The van der Waals surface area contributed by atoms with Crippen molar-refractivity contribution in [3.63, 3.8) is 0 Å². The number of hydrogen-bond donors (Lipinski definition) is 0. The Kier molecular flexibility index (Phi) is 2.79. The normalized spacial score (nSPS) is 16.6. The molecule has 0 radical (unpaired) electrons. The van der Waals surface area contributed by atoms with Crippen LogP contribution in [0.5, 0.6) is 0 Å². The van der Waals surface area contributed by atoms with Crippen LogP contribution in [0.2, 0.25) is 0 Å². The summed E-state index contributed by atoms with van der Waals surface area (Å²) in [5, 5.41) is 8.06. The van der Waals surface area contributed by atoms with E-state index in [1.807, 2.05) is 18.2 Å². The zero-order valence-electron chi connectivity index (χ0n) is 10.9. The molecule has 0 N–H and O–H groups in total. The highest BCUT2D eigenvalue weighted by molar-refractivity contribution is 6.32. The van der Waals surface area contributed by atoms with Gasteiger partial charge in [-0.25, -0.2) is 0 Å². The summed E-state index contributed by atoms with van der Waals surface area (Å²) in [5.74, 6) is -0.587. The van der Waals surface area contributed by atoms with Gasteiger partial charge < -0.3 is 0 Å². The van der Waals surface area contributed by atoms with Gasteiger partial charge in [0.15, 0.2) is 0 Å². The van der Waals surface area contributed by atoms with E-state index in [-0.39, 0.29) is 11.6 Å². The molecule has 0 fully saturated rings. The number of fused-ring (bicyclic) bond motifs is 1. The van der Waals surface area contributed by atoms with Crippen LogP contribution >= 0.6 is 0 Å². The van der Waals surface area contributed by atoms with Crippen molar-refractivity contribution in [1.82, 2.24) is 0 Å². The quantitative estimate of drug-likeness (QED) is 0.614. The summed E-state index contributed by atoms with van der Waals surface area (Å²) in [6, 6.07) is 15.8. The van der Waals surface area contributed by atoms with E-state index in [4.69, 9.17) is 0 Å². The SMILES string of the molecule is CC1(N=Nc2ccccc2)C(=O)c2ccccc2C1=O. The van der Waals surface area contributed by atoms with Crippen molar-refractivity contribution in [1.29, 1.82) is 0 Å². The molecule has 1 aliphatic rings. The Morgan fingerprint density at radius 2 is 1.30 bits per heavy atom. The molecule has 20 heavy (non-hydrogen) atoms. The minimum Gasteiger partial charge on any atom is -0.291 e. The van der Waals surface area contributed by atoms with E-state index < -0.39 is 5.54 Å². The van der Waals surface area contributed by atoms with E-state index in [9.17, 15) is 9.59 Å². The fraction of sp³-hybridized carbons (Fsp3) is 0.125. The van der Waals surface area contributed by atoms with Gasteiger partial charge in [-0.1, -0.05) is 42.5 Å². The molecule has 1 aliphatic carbocycles. The third kappa shape index (κ3) is 1.77. The Morgan fingerprint density at radius 1 is 0.800 bits per heavy atom. The molecule has 0 amide bonds. The predicted molar refractivity (Wildman–Crippen MR) is 74.5 cm³/mol. The molecular formula is C16H12N2O2. The van der Waals surface area contributed by atoms with Crippen molar-refractivity contribution in [3.05, 3.63) is 65.7 Å². The third-order valence-corrected chi connectivity index (χ3v) is 3.42. The monoisotopic (exact) mass is 264 g/mol. The number of hydrogen-bond acceptors (Lipinski definition) is 4. The summed E-state index contributed by atoms with van der Waals surface area (Å²) < 4.78 is 0. The minimum atomic E-state index is -1.44. The van der Waals surface area contributed by atoms with Crippen LogP contribution in [0.25, 0.3) is 0 Å². The van der Waals surface area contributed by atoms with Gasteiger partial charge in [-0.15, -0.1) is 0 Å². The predicted octanol–water partition coefficient (Wildman–Crippen LogP) is 3.61. The zero-order valence-corrected chi connectivity index (χ0v) is 10.9. The first-order valence-electron chi connectivity index (χ1n) is 6.29. The Morgan fingerprint density at radius 3 is 1.85 bits per heavy atom. The minimum absolute atomic E-state index is 0.294. The Hall–Kier alpha value is -2.62. The first-order chi connectivity index (χ1) is 9.63. The van der Waals surface area contributed by atoms with Crippen molar-refractivity contribution in [3.8, 4) is 0 Å². The Bertz CT molecular complexity index is 685. The summed E-state index contributed by atoms with van der Waals surface area (Å²) in [4.78, 5) is 24.8. The van der Waals surface area contributed by atoms with Crippen LogP contribution in [0.15, 0.2) is 64.8 Å². The fourth-order valence-corrected chi connectivity index (χ4v) is 2.25. The van der Waals surface area contributed by atoms with Crippen LogP contribution < -0.4 is 0 Å². The maximum Gasteiger partial charge on any atom is 0.204 e. The molecule has 2 aromatic rings. The molecule has 3 rings (SSSR count). The molecule has 4 nitrogen and oxygen atoms in total. The maximum atomic E-state index is 12.4. The van der Waals surface area contributed by atoms with Gasteiger partial charge in [0.25, 0.3) is 0 Å². The van der Waals surface area contributed by atoms with Gasteiger partial charge in [0.2, 0.25) is 17.1 Å². The van der Waals surface area contributed by atoms with Gasteiger partial charge in [0, 0.05) is 11.1 Å². The number of carbonyl (C=O) groups is 2. The molecule has 4 heteroatoms. The second kappa shape index (κ2) is 4.49. The maximum absolute atomic E-state index is 12.4. The number of ketones is 2. The molecule has 0 saturated heterocycles. The van der Waals surface area contributed by atoms with Gasteiger partial charge in [0.1, 0.15) is 0 Å². The third-order valence-electron chi connectivity index (χ3n) is 3.42. The van der Waals surface area contributed by atoms with E-state index in [0.29, 0.717) is 16.8 Å². The fourth-order valence-electron chi connectivity index (χ4n) is 2.25. The molecular weight excluding hydrogens is 252 g/mol. The summed E-state index contributed by atoms with van der Waals surface area (Å²) in [6.07, 6.45) is 0. The van der Waals surface area contributed by atoms with Gasteiger partial charge in [-0.05, 0) is 19.1 Å². The van der Waals surface area contributed by atoms with Gasteiger partial charge >= 0.3 is 0 Å². The summed E-state index contributed by atoms with van der Waals surface area (Å²) in [7, 11) is 0. The number of nitrogens with zero attached hydrogens (tertiary/aromatic N) is 2. The number of Topliss-reactive ketones (excluding diaryl/α,β-unsaturated/α-hetero) is 2. The smallest absolute Gasteiger partial charge is 0.204 e. The summed E-state index contributed by atoms with van der Waals surface area (Å²) >= 11 is 0. The van der Waals surface area contributed by atoms with Crippen molar-refractivity contribution >= 4 is 17.3 Å². The van der Waals surface area contributed by atoms with E-state index >= 15 is 0 Å². The van der Waals surface area contributed by atoms with Crippen molar-refractivity contribution in [2.45, 2.75) is 12.5 Å². The molecule has 0 bridgehead atoms. The van der Waals surface area contributed by atoms with Gasteiger partial charge in [0.05, 0.1) is 5.69 Å². The van der Waals surface area contributed by atoms with Crippen LogP contribution in [-0.4, -0.2) is 17.1 Å². The number of rotatable bonds is 2. The van der Waals surface area contributed by atoms with Crippen molar-refractivity contribution in [2.24, 2.45) is 10.2 Å². The van der Waals surface area contributed by atoms with Crippen LogP contribution in [0, 0.1) is 0 Å².